The molecule has 1 N–H and O–H groups in total. The minimum Gasteiger partial charge on any atom is -0.497 e. The molecule has 22 heavy (non-hydrogen) atoms. The Morgan fingerprint density at radius 3 is 2.50 bits per heavy atom. The summed E-state index contributed by atoms with van der Waals surface area (Å²) in [5, 5.41) is 10.6. The number of aliphatic hydroxyl groups is 1. The fraction of sp³-hybridized carbons (Fsp3) is 0.611. The zero-order valence-electron chi connectivity index (χ0n) is 13.4. The summed E-state index contributed by atoms with van der Waals surface area (Å²) in [6.07, 6.45) is 4.08. The van der Waals surface area contributed by atoms with Crippen molar-refractivity contribution in [2.45, 2.75) is 56.6 Å². The second kappa shape index (κ2) is 5.92. The summed E-state index contributed by atoms with van der Waals surface area (Å²) in [5.74, 6) is 1.13. The topological polar surface area (TPSA) is 49.8 Å². The minimum absolute atomic E-state index is 0.0616. The molecule has 2 fully saturated rings. The van der Waals surface area contributed by atoms with Crippen LogP contribution in [0.2, 0.25) is 0 Å². The van der Waals surface area contributed by atoms with Gasteiger partial charge in [0, 0.05) is 18.5 Å². The average Bonchev–Trinajstić information content (AvgIpc) is 3.14. The first-order valence-corrected chi connectivity index (χ1v) is 8.21. The quantitative estimate of drug-likeness (QED) is 0.934. The van der Waals surface area contributed by atoms with Crippen LogP contribution in [0.1, 0.15) is 50.5 Å². The van der Waals surface area contributed by atoms with Gasteiger partial charge in [0.25, 0.3) is 5.91 Å². The Morgan fingerprint density at radius 1 is 1.27 bits per heavy atom. The molecule has 1 amide bonds. The molecule has 2 unspecified atom stereocenters. The third-order valence-electron chi connectivity index (χ3n) is 5.25. The van der Waals surface area contributed by atoms with Crippen molar-refractivity contribution < 1.29 is 14.6 Å². The summed E-state index contributed by atoms with van der Waals surface area (Å²) in [6.45, 7) is 2.79. The molecule has 0 radical (unpaired) electrons. The monoisotopic (exact) mass is 303 g/mol. The summed E-state index contributed by atoms with van der Waals surface area (Å²) >= 11 is 0. The van der Waals surface area contributed by atoms with Gasteiger partial charge in [-0.3, -0.25) is 4.79 Å². The van der Waals surface area contributed by atoms with Gasteiger partial charge in [0.2, 0.25) is 0 Å². The van der Waals surface area contributed by atoms with Crippen molar-refractivity contribution in [2.24, 2.45) is 0 Å². The molecule has 2 aliphatic rings. The molecule has 1 aliphatic carbocycles. The van der Waals surface area contributed by atoms with Gasteiger partial charge >= 0.3 is 0 Å². The third kappa shape index (κ3) is 2.72. The number of ether oxygens (including phenoxy) is 1. The molecule has 120 valence electrons. The van der Waals surface area contributed by atoms with Crippen LogP contribution < -0.4 is 4.74 Å². The Hall–Kier alpha value is -1.55. The standard InChI is InChI=1S/C18H25NO3/c1-13-11-15(14-5-7-16(22-2)8-6-14)12-19(13)17(20)18(21)9-3-4-10-18/h5-8,13,15,21H,3-4,9-12H2,1-2H3. The van der Waals surface area contributed by atoms with Gasteiger partial charge in [-0.1, -0.05) is 12.1 Å². The second-order valence-corrected chi connectivity index (χ2v) is 6.75. The highest BCUT2D eigenvalue weighted by molar-refractivity contribution is 5.86. The Balaban J connectivity index is 1.72. The van der Waals surface area contributed by atoms with E-state index in [9.17, 15) is 9.90 Å². The summed E-state index contributed by atoms with van der Waals surface area (Å²) < 4.78 is 5.20. The van der Waals surface area contributed by atoms with Crippen LogP contribution in [-0.2, 0) is 4.79 Å². The van der Waals surface area contributed by atoms with Crippen LogP contribution in [0.5, 0.6) is 5.75 Å². The van der Waals surface area contributed by atoms with E-state index >= 15 is 0 Å². The lowest BCUT2D eigenvalue weighted by Gasteiger charge is -2.30. The molecule has 0 aromatic heterocycles. The number of rotatable bonds is 3. The van der Waals surface area contributed by atoms with Gasteiger partial charge in [-0.15, -0.1) is 0 Å². The smallest absolute Gasteiger partial charge is 0.254 e. The van der Waals surface area contributed by atoms with Gasteiger partial charge in [-0.25, -0.2) is 0 Å². The predicted molar refractivity (Wildman–Crippen MR) is 84.9 cm³/mol. The lowest BCUT2D eigenvalue weighted by atomic mass is 9.97. The number of methoxy groups -OCH3 is 1. The van der Waals surface area contributed by atoms with E-state index < -0.39 is 5.60 Å². The molecule has 4 heteroatoms. The highest BCUT2D eigenvalue weighted by Gasteiger charge is 2.45. The van der Waals surface area contributed by atoms with E-state index in [1.54, 1.807) is 7.11 Å². The molecule has 1 aliphatic heterocycles. The summed E-state index contributed by atoms with van der Waals surface area (Å²) in [5.41, 5.74) is 0.129. The first-order chi connectivity index (χ1) is 10.5. The van der Waals surface area contributed by atoms with Crippen molar-refractivity contribution in [3.63, 3.8) is 0 Å². The minimum atomic E-state index is -1.11. The molecule has 1 aromatic rings. The molecule has 1 aromatic carbocycles. The Morgan fingerprint density at radius 2 is 1.91 bits per heavy atom. The molecule has 0 bridgehead atoms. The van der Waals surface area contributed by atoms with Crippen molar-refractivity contribution in [3.8, 4) is 5.75 Å². The van der Waals surface area contributed by atoms with E-state index in [2.05, 4.69) is 19.1 Å². The van der Waals surface area contributed by atoms with E-state index in [-0.39, 0.29) is 11.9 Å². The van der Waals surface area contributed by atoms with E-state index in [4.69, 9.17) is 4.74 Å². The van der Waals surface area contributed by atoms with E-state index in [0.29, 0.717) is 25.3 Å². The Bertz CT molecular complexity index is 534. The van der Waals surface area contributed by atoms with Crippen LogP contribution in [-0.4, -0.2) is 41.2 Å². The zero-order chi connectivity index (χ0) is 15.7. The molecule has 1 saturated heterocycles. The SMILES string of the molecule is COc1ccc(C2CC(C)N(C(=O)C3(O)CCCC3)C2)cc1. The first kappa shape index (κ1) is 15.3. The maximum atomic E-state index is 12.7. The number of hydrogen-bond acceptors (Lipinski definition) is 3. The molecule has 4 nitrogen and oxygen atoms in total. The van der Waals surface area contributed by atoms with Gasteiger partial charge in [0.15, 0.2) is 0 Å². The largest absolute Gasteiger partial charge is 0.497 e. The highest BCUT2D eigenvalue weighted by atomic mass is 16.5. The number of nitrogens with zero attached hydrogens (tertiary/aromatic N) is 1. The van der Waals surface area contributed by atoms with Crippen molar-refractivity contribution in [3.05, 3.63) is 29.8 Å². The van der Waals surface area contributed by atoms with Gasteiger partial charge in [-0.2, -0.15) is 0 Å². The van der Waals surface area contributed by atoms with Crippen LogP contribution in [0.15, 0.2) is 24.3 Å². The fourth-order valence-corrected chi connectivity index (χ4v) is 3.87. The van der Waals surface area contributed by atoms with E-state index in [1.165, 1.54) is 5.56 Å². The molecule has 0 spiro atoms. The molecular weight excluding hydrogens is 278 g/mol. The summed E-state index contributed by atoms with van der Waals surface area (Å²) in [7, 11) is 1.66. The lowest BCUT2D eigenvalue weighted by Crippen LogP contribution is -2.48. The van der Waals surface area contributed by atoms with Gasteiger partial charge in [0.05, 0.1) is 7.11 Å². The van der Waals surface area contributed by atoms with Gasteiger partial charge < -0.3 is 14.7 Å². The van der Waals surface area contributed by atoms with E-state index in [0.717, 1.165) is 25.0 Å². The number of hydrogen-bond donors (Lipinski definition) is 1. The Labute approximate surface area is 132 Å². The second-order valence-electron chi connectivity index (χ2n) is 6.75. The summed E-state index contributed by atoms with van der Waals surface area (Å²) in [6, 6.07) is 8.27. The maximum Gasteiger partial charge on any atom is 0.254 e. The Kier molecular flexibility index (Phi) is 4.13. The van der Waals surface area contributed by atoms with Gasteiger partial charge in [0.1, 0.15) is 11.4 Å². The number of benzene rings is 1. The fourth-order valence-electron chi connectivity index (χ4n) is 3.87. The third-order valence-corrected chi connectivity index (χ3v) is 5.25. The molecule has 1 saturated carbocycles. The van der Waals surface area contributed by atoms with Crippen LogP contribution >= 0.6 is 0 Å². The van der Waals surface area contributed by atoms with Crippen molar-refractivity contribution >= 4 is 5.91 Å². The van der Waals surface area contributed by atoms with Crippen LogP contribution in [0, 0.1) is 0 Å². The first-order valence-electron chi connectivity index (χ1n) is 8.21. The number of carbonyl (C=O) groups is 1. The van der Waals surface area contributed by atoms with Gasteiger partial charge in [-0.05, 0) is 56.7 Å². The van der Waals surface area contributed by atoms with Crippen molar-refractivity contribution in [1.82, 2.24) is 4.90 Å². The zero-order valence-corrected chi connectivity index (χ0v) is 13.4. The lowest BCUT2D eigenvalue weighted by molar-refractivity contribution is -0.151. The molecular formula is C18H25NO3. The maximum absolute atomic E-state index is 12.7. The number of amides is 1. The van der Waals surface area contributed by atoms with Crippen LogP contribution in [0.4, 0.5) is 0 Å². The number of carbonyl (C=O) groups excluding carboxylic acids is 1. The molecule has 2 atom stereocenters. The normalized spacial score (nSPS) is 27.1. The molecule has 1 heterocycles. The summed E-state index contributed by atoms with van der Waals surface area (Å²) in [4.78, 5) is 14.6. The van der Waals surface area contributed by atoms with Crippen molar-refractivity contribution in [1.29, 1.82) is 0 Å². The van der Waals surface area contributed by atoms with Crippen LogP contribution in [0.25, 0.3) is 0 Å². The highest BCUT2D eigenvalue weighted by Crippen LogP contribution is 2.37. The number of likely N-dealkylation sites (tertiary alicyclic amines) is 1. The average molecular weight is 303 g/mol. The van der Waals surface area contributed by atoms with E-state index in [1.807, 2.05) is 17.0 Å². The van der Waals surface area contributed by atoms with Crippen molar-refractivity contribution in [2.75, 3.05) is 13.7 Å². The van der Waals surface area contributed by atoms with Crippen LogP contribution in [0.3, 0.4) is 0 Å². The molecule has 3 rings (SSSR count). The predicted octanol–water partition coefficient (Wildman–Crippen LogP) is 2.70.